The SMILES string of the molecule is Brc1ccc(NCCc2ccccc2)cc1.Cl. The van der Waals surface area contributed by atoms with Gasteiger partial charge in [0.05, 0.1) is 0 Å². The van der Waals surface area contributed by atoms with Crippen LogP contribution in [0.3, 0.4) is 0 Å². The van der Waals surface area contributed by atoms with E-state index >= 15 is 0 Å². The first-order valence-electron chi connectivity index (χ1n) is 5.38. The molecular weight excluding hydrogens is 298 g/mol. The van der Waals surface area contributed by atoms with Crippen LogP contribution in [0.1, 0.15) is 5.56 Å². The average Bonchev–Trinajstić information content (AvgIpc) is 2.33. The van der Waals surface area contributed by atoms with Crippen molar-refractivity contribution >= 4 is 34.0 Å². The maximum atomic E-state index is 3.42. The summed E-state index contributed by atoms with van der Waals surface area (Å²) in [6.07, 6.45) is 1.05. The molecule has 0 bridgehead atoms. The van der Waals surface area contributed by atoms with Crippen LogP contribution in [-0.4, -0.2) is 6.54 Å². The van der Waals surface area contributed by atoms with Crippen LogP contribution < -0.4 is 5.32 Å². The Morgan fingerprint density at radius 3 is 2.18 bits per heavy atom. The lowest BCUT2D eigenvalue weighted by molar-refractivity contribution is 1.02. The van der Waals surface area contributed by atoms with E-state index in [0.29, 0.717) is 0 Å². The first-order chi connectivity index (χ1) is 7.84. The van der Waals surface area contributed by atoms with Crippen molar-refractivity contribution in [2.75, 3.05) is 11.9 Å². The summed E-state index contributed by atoms with van der Waals surface area (Å²) in [5.41, 5.74) is 2.53. The fourth-order valence-electron chi connectivity index (χ4n) is 1.56. The second-order valence-corrected chi connectivity index (χ2v) is 4.58. The van der Waals surface area contributed by atoms with Gasteiger partial charge >= 0.3 is 0 Å². The topological polar surface area (TPSA) is 12.0 Å². The molecule has 0 aliphatic carbocycles. The molecule has 0 saturated heterocycles. The van der Waals surface area contributed by atoms with E-state index in [2.05, 4.69) is 57.6 Å². The van der Waals surface area contributed by atoms with Gasteiger partial charge in [0.25, 0.3) is 0 Å². The number of anilines is 1. The van der Waals surface area contributed by atoms with Crippen molar-refractivity contribution in [3.8, 4) is 0 Å². The number of rotatable bonds is 4. The Kier molecular flexibility index (Phi) is 6.09. The van der Waals surface area contributed by atoms with Crippen molar-refractivity contribution in [3.05, 3.63) is 64.6 Å². The zero-order valence-electron chi connectivity index (χ0n) is 9.40. The Morgan fingerprint density at radius 1 is 0.882 bits per heavy atom. The number of hydrogen-bond acceptors (Lipinski definition) is 1. The highest BCUT2D eigenvalue weighted by Crippen LogP contribution is 2.14. The number of benzene rings is 2. The maximum Gasteiger partial charge on any atom is 0.0341 e. The molecule has 2 aromatic rings. The molecule has 0 atom stereocenters. The van der Waals surface area contributed by atoms with Crippen molar-refractivity contribution in [1.82, 2.24) is 0 Å². The van der Waals surface area contributed by atoms with Crippen molar-refractivity contribution in [2.45, 2.75) is 6.42 Å². The Labute approximate surface area is 117 Å². The highest BCUT2D eigenvalue weighted by molar-refractivity contribution is 9.10. The lowest BCUT2D eigenvalue weighted by Gasteiger charge is -2.06. The third-order valence-corrected chi connectivity index (χ3v) is 2.96. The number of hydrogen-bond donors (Lipinski definition) is 1. The van der Waals surface area contributed by atoms with E-state index in [0.717, 1.165) is 17.4 Å². The summed E-state index contributed by atoms with van der Waals surface area (Å²) in [7, 11) is 0. The van der Waals surface area contributed by atoms with E-state index < -0.39 is 0 Å². The van der Waals surface area contributed by atoms with Gasteiger partial charge in [-0.3, -0.25) is 0 Å². The minimum absolute atomic E-state index is 0. The highest BCUT2D eigenvalue weighted by Gasteiger charge is 1.93. The van der Waals surface area contributed by atoms with Crippen molar-refractivity contribution in [1.29, 1.82) is 0 Å². The summed E-state index contributed by atoms with van der Waals surface area (Å²) >= 11 is 3.42. The molecule has 0 fully saturated rings. The first-order valence-corrected chi connectivity index (χ1v) is 6.17. The van der Waals surface area contributed by atoms with Gasteiger partial charge < -0.3 is 5.32 Å². The maximum absolute atomic E-state index is 3.42. The normalized spacial score (nSPS) is 9.47. The van der Waals surface area contributed by atoms with Gasteiger partial charge in [0.15, 0.2) is 0 Å². The predicted octanol–water partition coefficient (Wildman–Crippen LogP) is 4.53. The van der Waals surface area contributed by atoms with Gasteiger partial charge in [-0.05, 0) is 36.2 Å². The molecule has 0 heterocycles. The van der Waals surface area contributed by atoms with Gasteiger partial charge in [0.1, 0.15) is 0 Å². The van der Waals surface area contributed by atoms with Crippen LogP contribution in [0.4, 0.5) is 5.69 Å². The van der Waals surface area contributed by atoms with E-state index in [-0.39, 0.29) is 12.4 Å². The van der Waals surface area contributed by atoms with Crippen LogP contribution >= 0.6 is 28.3 Å². The molecule has 0 unspecified atom stereocenters. The molecule has 0 aromatic heterocycles. The molecule has 0 aliphatic rings. The zero-order chi connectivity index (χ0) is 11.2. The Morgan fingerprint density at radius 2 is 1.53 bits per heavy atom. The Bertz CT molecular complexity index is 428. The molecule has 0 aliphatic heterocycles. The Balaban J connectivity index is 0.00000144. The molecule has 1 nitrogen and oxygen atoms in total. The first kappa shape index (κ1) is 14.1. The van der Waals surface area contributed by atoms with Crippen molar-refractivity contribution in [3.63, 3.8) is 0 Å². The summed E-state index contributed by atoms with van der Waals surface area (Å²) in [6, 6.07) is 18.8. The molecule has 90 valence electrons. The van der Waals surface area contributed by atoms with E-state index in [4.69, 9.17) is 0 Å². The van der Waals surface area contributed by atoms with E-state index in [1.807, 2.05) is 18.2 Å². The lowest BCUT2D eigenvalue weighted by Crippen LogP contribution is -2.04. The smallest absolute Gasteiger partial charge is 0.0341 e. The molecule has 17 heavy (non-hydrogen) atoms. The predicted molar refractivity (Wildman–Crippen MR) is 80.0 cm³/mol. The summed E-state index contributed by atoms with van der Waals surface area (Å²) < 4.78 is 1.11. The fourth-order valence-corrected chi connectivity index (χ4v) is 1.83. The quantitative estimate of drug-likeness (QED) is 0.875. The highest BCUT2D eigenvalue weighted by atomic mass is 79.9. The summed E-state index contributed by atoms with van der Waals surface area (Å²) in [5.74, 6) is 0. The van der Waals surface area contributed by atoms with Gasteiger partial charge in [0, 0.05) is 16.7 Å². The van der Waals surface area contributed by atoms with Crippen LogP contribution in [0.5, 0.6) is 0 Å². The molecule has 0 spiro atoms. The second-order valence-electron chi connectivity index (χ2n) is 3.67. The minimum Gasteiger partial charge on any atom is -0.385 e. The monoisotopic (exact) mass is 311 g/mol. The third kappa shape index (κ3) is 4.80. The summed E-state index contributed by atoms with van der Waals surface area (Å²) in [4.78, 5) is 0. The summed E-state index contributed by atoms with van der Waals surface area (Å²) in [6.45, 7) is 0.964. The van der Waals surface area contributed by atoms with E-state index in [9.17, 15) is 0 Å². The number of nitrogens with one attached hydrogen (secondary N) is 1. The average molecular weight is 313 g/mol. The van der Waals surface area contributed by atoms with Crippen LogP contribution in [0.25, 0.3) is 0 Å². The van der Waals surface area contributed by atoms with Crippen molar-refractivity contribution in [2.24, 2.45) is 0 Å². The van der Waals surface area contributed by atoms with Crippen LogP contribution in [0, 0.1) is 0 Å². The fraction of sp³-hybridized carbons (Fsp3) is 0.143. The molecule has 1 N–H and O–H groups in total. The van der Waals surface area contributed by atoms with Crippen LogP contribution in [0.15, 0.2) is 59.1 Å². The van der Waals surface area contributed by atoms with Crippen LogP contribution in [0.2, 0.25) is 0 Å². The van der Waals surface area contributed by atoms with Gasteiger partial charge in [-0.15, -0.1) is 12.4 Å². The molecule has 2 aromatic carbocycles. The lowest BCUT2D eigenvalue weighted by atomic mass is 10.1. The molecule has 3 heteroatoms. The van der Waals surface area contributed by atoms with Gasteiger partial charge in [-0.2, -0.15) is 0 Å². The van der Waals surface area contributed by atoms with Gasteiger partial charge in [-0.25, -0.2) is 0 Å². The zero-order valence-corrected chi connectivity index (χ0v) is 11.8. The van der Waals surface area contributed by atoms with Gasteiger partial charge in [0.2, 0.25) is 0 Å². The summed E-state index contributed by atoms with van der Waals surface area (Å²) in [5, 5.41) is 3.40. The molecule has 0 saturated carbocycles. The van der Waals surface area contributed by atoms with Gasteiger partial charge in [-0.1, -0.05) is 46.3 Å². The standard InChI is InChI=1S/C14H14BrN.ClH/c15-13-6-8-14(9-7-13)16-11-10-12-4-2-1-3-5-12;/h1-9,16H,10-11H2;1H. The molecule has 0 amide bonds. The third-order valence-electron chi connectivity index (χ3n) is 2.43. The largest absolute Gasteiger partial charge is 0.385 e. The van der Waals surface area contributed by atoms with E-state index in [1.165, 1.54) is 11.3 Å². The molecule has 2 rings (SSSR count). The second kappa shape index (κ2) is 7.36. The minimum atomic E-state index is 0. The van der Waals surface area contributed by atoms with Crippen molar-refractivity contribution < 1.29 is 0 Å². The number of halogens is 2. The molecule has 0 radical (unpaired) electrons. The molecular formula is C14H15BrClN. The Hall–Kier alpha value is -0.990. The van der Waals surface area contributed by atoms with E-state index in [1.54, 1.807) is 0 Å². The van der Waals surface area contributed by atoms with Crippen LogP contribution in [-0.2, 0) is 6.42 Å².